The molecule has 0 spiro atoms. The Morgan fingerprint density at radius 2 is 1.83 bits per heavy atom. The highest BCUT2D eigenvalue weighted by Crippen LogP contribution is 2.24. The number of hydrogen-bond donors (Lipinski definition) is 2. The number of halogens is 3. The number of aliphatic hydroxyl groups is 1. The number of carbonyl (C=O) groups is 1. The Morgan fingerprint density at radius 1 is 1.26 bits per heavy atom. The van der Waals surface area contributed by atoms with Gasteiger partial charge in [-0.3, -0.25) is 4.79 Å². The van der Waals surface area contributed by atoms with Crippen LogP contribution in [0.2, 0.25) is 0 Å². The lowest BCUT2D eigenvalue weighted by Crippen LogP contribution is -2.41. The molecule has 0 aliphatic carbocycles. The average Bonchev–Trinajstić information content (AvgIpc) is 2.40. The summed E-state index contributed by atoms with van der Waals surface area (Å²) in [6.45, 7) is 4.41. The van der Waals surface area contributed by atoms with Gasteiger partial charge >= 0.3 is 5.97 Å². The van der Waals surface area contributed by atoms with Gasteiger partial charge in [-0.1, -0.05) is 0 Å². The fraction of sp³-hybridized carbons (Fsp3) is 0.533. The second-order valence-electron chi connectivity index (χ2n) is 6.01. The number of hydrogen-bond acceptors (Lipinski definition) is 5. The van der Waals surface area contributed by atoms with E-state index in [9.17, 15) is 23.1 Å². The van der Waals surface area contributed by atoms with Crippen molar-refractivity contribution in [3.8, 4) is 5.75 Å². The van der Waals surface area contributed by atoms with Crippen LogP contribution in [0.25, 0.3) is 0 Å². The SMILES string of the molecule is CC(C)(C)OC(=O)CC(N)C(O)COc1c(F)ccc(F)c1F. The summed E-state index contributed by atoms with van der Waals surface area (Å²) < 4.78 is 49.5. The van der Waals surface area contributed by atoms with Crippen molar-refractivity contribution in [1.29, 1.82) is 0 Å². The first kappa shape index (κ1) is 19.2. The van der Waals surface area contributed by atoms with E-state index in [1.165, 1.54) is 0 Å². The van der Waals surface area contributed by atoms with E-state index in [-0.39, 0.29) is 6.42 Å². The summed E-state index contributed by atoms with van der Waals surface area (Å²) in [5.74, 6) is -5.48. The second-order valence-corrected chi connectivity index (χ2v) is 6.01. The van der Waals surface area contributed by atoms with Crippen LogP contribution in [-0.2, 0) is 9.53 Å². The molecule has 1 aromatic rings. The molecule has 3 N–H and O–H groups in total. The van der Waals surface area contributed by atoms with Gasteiger partial charge in [0.2, 0.25) is 5.82 Å². The molecule has 8 heteroatoms. The van der Waals surface area contributed by atoms with Gasteiger partial charge in [0, 0.05) is 6.04 Å². The summed E-state index contributed by atoms with van der Waals surface area (Å²) in [5.41, 5.74) is 4.91. The van der Waals surface area contributed by atoms with Crippen LogP contribution in [-0.4, -0.2) is 35.4 Å². The van der Waals surface area contributed by atoms with E-state index in [2.05, 4.69) is 0 Å². The maximum atomic E-state index is 13.4. The Labute approximate surface area is 132 Å². The zero-order valence-corrected chi connectivity index (χ0v) is 13.1. The van der Waals surface area contributed by atoms with Gasteiger partial charge in [-0.2, -0.15) is 4.39 Å². The highest BCUT2D eigenvalue weighted by Gasteiger charge is 2.24. The fourth-order valence-corrected chi connectivity index (χ4v) is 1.64. The van der Waals surface area contributed by atoms with Crippen molar-refractivity contribution in [1.82, 2.24) is 0 Å². The summed E-state index contributed by atoms with van der Waals surface area (Å²) >= 11 is 0. The molecule has 2 unspecified atom stereocenters. The van der Waals surface area contributed by atoms with Crippen LogP contribution in [0.5, 0.6) is 5.75 Å². The van der Waals surface area contributed by atoms with Crippen LogP contribution in [0.4, 0.5) is 13.2 Å². The summed E-state index contributed by atoms with van der Waals surface area (Å²) in [4.78, 5) is 11.6. The molecule has 0 radical (unpaired) electrons. The standard InChI is InChI=1S/C15H20F3NO4/c1-15(2,3)23-12(21)6-10(19)11(20)7-22-14-9(17)5-4-8(16)13(14)18/h4-5,10-11,20H,6-7,19H2,1-3H3. The Kier molecular flexibility index (Phi) is 6.40. The summed E-state index contributed by atoms with van der Waals surface area (Å²) in [5, 5.41) is 9.78. The van der Waals surface area contributed by atoms with E-state index in [4.69, 9.17) is 15.2 Å². The van der Waals surface area contributed by atoms with Crippen LogP contribution in [0, 0.1) is 17.5 Å². The maximum absolute atomic E-state index is 13.4. The number of ether oxygens (including phenoxy) is 2. The molecule has 23 heavy (non-hydrogen) atoms. The highest BCUT2D eigenvalue weighted by atomic mass is 19.2. The fourth-order valence-electron chi connectivity index (χ4n) is 1.64. The molecule has 0 aliphatic rings. The third-order valence-electron chi connectivity index (χ3n) is 2.72. The minimum atomic E-state index is -1.50. The molecular weight excluding hydrogens is 315 g/mol. The number of rotatable bonds is 6. The van der Waals surface area contributed by atoms with Gasteiger partial charge in [-0.05, 0) is 32.9 Å². The first-order valence-corrected chi connectivity index (χ1v) is 6.93. The van der Waals surface area contributed by atoms with Gasteiger partial charge in [-0.25, -0.2) is 8.78 Å². The number of carbonyl (C=O) groups excluding carboxylic acids is 1. The molecule has 0 aliphatic heterocycles. The minimum Gasteiger partial charge on any atom is -0.485 e. The van der Waals surface area contributed by atoms with Crippen molar-refractivity contribution in [3.63, 3.8) is 0 Å². The minimum absolute atomic E-state index is 0.310. The van der Waals surface area contributed by atoms with E-state index >= 15 is 0 Å². The van der Waals surface area contributed by atoms with Crippen molar-refractivity contribution >= 4 is 5.97 Å². The van der Waals surface area contributed by atoms with Crippen LogP contribution in [0.15, 0.2) is 12.1 Å². The van der Waals surface area contributed by atoms with Gasteiger partial charge in [0.1, 0.15) is 18.3 Å². The molecule has 2 atom stereocenters. The summed E-state index contributed by atoms with van der Waals surface area (Å²) in [7, 11) is 0. The lowest BCUT2D eigenvalue weighted by atomic mass is 10.1. The Morgan fingerprint density at radius 3 is 2.39 bits per heavy atom. The quantitative estimate of drug-likeness (QED) is 0.613. The zero-order chi connectivity index (χ0) is 17.8. The summed E-state index contributed by atoms with van der Waals surface area (Å²) in [6, 6.07) is 0.243. The third-order valence-corrected chi connectivity index (χ3v) is 2.72. The van der Waals surface area contributed by atoms with Gasteiger partial charge in [0.25, 0.3) is 0 Å². The average molecular weight is 335 g/mol. The van der Waals surface area contributed by atoms with E-state index in [0.29, 0.717) is 12.1 Å². The highest BCUT2D eigenvalue weighted by molar-refractivity contribution is 5.70. The molecule has 0 amide bonds. The molecule has 0 fully saturated rings. The lowest BCUT2D eigenvalue weighted by molar-refractivity contribution is -0.156. The lowest BCUT2D eigenvalue weighted by Gasteiger charge is -2.23. The zero-order valence-electron chi connectivity index (χ0n) is 13.1. The van der Waals surface area contributed by atoms with Crippen molar-refractivity contribution in [2.45, 2.75) is 44.9 Å². The van der Waals surface area contributed by atoms with Crippen LogP contribution < -0.4 is 10.5 Å². The van der Waals surface area contributed by atoms with E-state index in [1.807, 2.05) is 0 Å². The number of esters is 1. The van der Waals surface area contributed by atoms with Gasteiger partial charge in [0.15, 0.2) is 17.4 Å². The third kappa shape index (κ3) is 6.07. The van der Waals surface area contributed by atoms with Crippen LogP contribution in [0.3, 0.4) is 0 Å². The molecule has 130 valence electrons. The number of aliphatic hydroxyl groups excluding tert-OH is 1. The monoisotopic (exact) mass is 335 g/mol. The molecule has 5 nitrogen and oxygen atoms in total. The van der Waals surface area contributed by atoms with Crippen molar-refractivity contribution < 1.29 is 32.5 Å². The second kappa shape index (κ2) is 7.65. The summed E-state index contributed by atoms with van der Waals surface area (Å²) in [6.07, 6.45) is -1.71. The maximum Gasteiger partial charge on any atom is 0.307 e. The molecular formula is C15H20F3NO4. The number of nitrogens with two attached hydrogens (primary N) is 1. The topological polar surface area (TPSA) is 81.8 Å². The molecule has 1 rings (SSSR count). The predicted octanol–water partition coefficient (Wildman–Crippen LogP) is 1.90. The molecule has 0 saturated heterocycles. The molecule has 0 aromatic heterocycles. The molecule has 1 aromatic carbocycles. The Balaban J connectivity index is 2.58. The first-order valence-electron chi connectivity index (χ1n) is 6.93. The van der Waals surface area contributed by atoms with Crippen molar-refractivity contribution in [2.24, 2.45) is 5.73 Å². The van der Waals surface area contributed by atoms with E-state index in [0.717, 1.165) is 0 Å². The van der Waals surface area contributed by atoms with Crippen LogP contribution in [0.1, 0.15) is 27.2 Å². The van der Waals surface area contributed by atoms with Gasteiger partial charge < -0.3 is 20.3 Å². The van der Waals surface area contributed by atoms with Crippen molar-refractivity contribution in [3.05, 3.63) is 29.6 Å². The molecule has 0 bridgehead atoms. The number of benzene rings is 1. The smallest absolute Gasteiger partial charge is 0.307 e. The largest absolute Gasteiger partial charge is 0.485 e. The predicted molar refractivity (Wildman–Crippen MR) is 76.3 cm³/mol. The normalized spacial score (nSPS) is 14.3. The van der Waals surface area contributed by atoms with Crippen LogP contribution >= 0.6 is 0 Å². The molecule has 0 saturated carbocycles. The van der Waals surface area contributed by atoms with Gasteiger partial charge in [0.05, 0.1) is 6.42 Å². The van der Waals surface area contributed by atoms with Gasteiger partial charge in [-0.15, -0.1) is 0 Å². The van der Waals surface area contributed by atoms with E-state index in [1.54, 1.807) is 20.8 Å². The van der Waals surface area contributed by atoms with Crippen molar-refractivity contribution in [2.75, 3.05) is 6.61 Å². The Hall–Kier alpha value is -1.80. The molecule has 0 heterocycles. The Bertz CT molecular complexity index is 560. The first-order chi connectivity index (χ1) is 10.5. The van der Waals surface area contributed by atoms with E-state index < -0.39 is 53.5 Å².